The van der Waals surface area contributed by atoms with Crippen molar-refractivity contribution in [3.05, 3.63) is 87.0 Å². The van der Waals surface area contributed by atoms with Crippen LogP contribution in [0, 0.1) is 31.6 Å². The zero-order valence-electron chi connectivity index (χ0n) is 46.1. The Morgan fingerprint density at radius 3 is 2.04 bits per heavy atom. The molecular weight excluding hydrogens is 883 g/mol. The number of hydrogen-bond acceptors (Lipinski definition) is 7. The molecule has 10 heteroatoms. The topological polar surface area (TPSA) is 130 Å². The summed E-state index contributed by atoms with van der Waals surface area (Å²) in [5.41, 5.74) is 13.5. The number of H-pyrrole nitrogens is 2. The van der Waals surface area contributed by atoms with Crippen molar-refractivity contribution in [2.24, 2.45) is 17.8 Å². The number of carbonyl (C=O) groups is 3. The molecule has 3 aromatic heterocycles. The number of carbonyl (C=O) groups excluding carboxylic acids is 3. The number of aromatic amines is 2. The number of hydrogen-bond donors (Lipinski definition) is 2. The van der Waals surface area contributed by atoms with Crippen molar-refractivity contribution in [2.45, 2.75) is 191 Å². The summed E-state index contributed by atoms with van der Waals surface area (Å²) >= 11 is 0. The van der Waals surface area contributed by atoms with Gasteiger partial charge < -0.3 is 24.3 Å². The summed E-state index contributed by atoms with van der Waals surface area (Å²) in [6.45, 7) is 31.7. The Bertz CT molecular complexity index is 2570. The summed E-state index contributed by atoms with van der Waals surface area (Å²) in [4.78, 5) is 62.2. The van der Waals surface area contributed by atoms with E-state index < -0.39 is 5.97 Å². The highest BCUT2D eigenvalue weighted by Crippen LogP contribution is 2.44. The van der Waals surface area contributed by atoms with Crippen LogP contribution in [0.2, 0.25) is 0 Å². The number of methoxy groups -OCH3 is 1. The molecule has 4 atom stereocenters. The van der Waals surface area contributed by atoms with E-state index >= 15 is 0 Å². The van der Waals surface area contributed by atoms with Crippen LogP contribution >= 0.6 is 0 Å². The second-order valence-electron chi connectivity index (χ2n) is 21.4. The second-order valence-corrected chi connectivity index (χ2v) is 21.4. The van der Waals surface area contributed by atoms with Crippen LogP contribution in [0.1, 0.15) is 215 Å². The van der Waals surface area contributed by atoms with E-state index in [0.717, 1.165) is 99.5 Å². The summed E-state index contributed by atoms with van der Waals surface area (Å²) < 4.78 is 11.2. The van der Waals surface area contributed by atoms with E-state index in [1.807, 2.05) is 30.0 Å². The summed E-state index contributed by atoms with van der Waals surface area (Å²) in [6, 6.07) is 6.26. The monoisotopic (exact) mass is 972 g/mol. The lowest BCUT2D eigenvalue weighted by Gasteiger charge is -2.23. The van der Waals surface area contributed by atoms with Crippen LogP contribution in [0.5, 0.6) is 0 Å². The third-order valence-electron chi connectivity index (χ3n) is 15.2. The minimum absolute atomic E-state index is 0.125. The first kappa shape index (κ1) is 56.7. The zero-order chi connectivity index (χ0) is 51.9. The molecule has 71 heavy (non-hydrogen) atoms. The van der Waals surface area contributed by atoms with Crippen LogP contribution in [0.25, 0.3) is 39.3 Å². The average Bonchev–Trinajstić information content (AvgIpc) is 4.01. The Hall–Kier alpha value is -5.25. The summed E-state index contributed by atoms with van der Waals surface area (Å²) in [6.07, 6.45) is 18.0. The molecule has 0 aromatic carbocycles. The van der Waals surface area contributed by atoms with E-state index in [1.165, 1.54) is 57.6 Å². The molecular formula is C61H89N5O5. The first-order chi connectivity index (χ1) is 34.0. The van der Waals surface area contributed by atoms with Crippen molar-refractivity contribution < 1.29 is 23.9 Å². The first-order valence-corrected chi connectivity index (χ1v) is 27.2. The number of fused-ring (bicyclic) bond motifs is 8. The molecule has 388 valence electrons. The van der Waals surface area contributed by atoms with Crippen LogP contribution in [-0.4, -0.2) is 69.5 Å². The largest absolute Gasteiger partial charge is 0.469 e. The maximum Gasteiger partial charge on any atom is 0.310 e. The predicted octanol–water partition coefficient (Wildman–Crippen LogP) is 15.0. The summed E-state index contributed by atoms with van der Waals surface area (Å²) in [7, 11) is 1.38. The second kappa shape index (κ2) is 27.0. The molecule has 2 aliphatic rings. The molecule has 0 radical (unpaired) electrons. The van der Waals surface area contributed by atoms with Gasteiger partial charge in [-0.3, -0.25) is 19.4 Å². The van der Waals surface area contributed by atoms with E-state index in [0.29, 0.717) is 53.6 Å². The number of nitrogens with one attached hydrogen (secondary N) is 2. The molecule has 2 N–H and O–H groups in total. The minimum Gasteiger partial charge on any atom is -0.469 e. The van der Waals surface area contributed by atoms with E-state index in [4.69, 9.17) is 19.4 Å². The van der Waals surface area contributed by atoms with Gasteiger partial charge in [-0.1, -0.05) is 119 Å². The predicted molar refractivity (Wildman–Crippen MR) is 295 cm³/mol. The van der Waals surface area contributed by atoms with Crippen molar-refractivity contribution in [3.8, 4) is 0 Å². The normalized spacial score (nSPS) is 15.8. The Labute approximate surface area is 427 Å². The third kappa shape index (κ3) is 14.7. The number of esters is 2. The van der Waals surface area contributed by atoms with Gasteiger partial charge in [0, 0.05) is 70.2 Å². The van der Waals surface area contributed by atoms with Crippen LogP contribution in [0.15, 0.2) is 36.4 Å². The molecule has 2 aliphatic heterocycles. The smallest absolute Gasteiger partial charge is 0.310 e. The highest BCUT2D eigenvalue weighted by atomic mass is 16.5. The van der Waals surface area contributed by atoms with Gasteiger partial charge in [-0.15, -0.1) is 0 Å². The first-order valence-electron chi connectivity index (χ1n) is 27.2. The highest BCUT2D eigenvalue weighted by molar-refractivity contribution is 6.27. The van der Waals surface area contributed by atoms with Gasteiger partial charge in [0.25, 0.3) is 5.91 Å². The lowest BCUT2D eigenvalue weighted by Crippen LogP contribution is -2.33. The summed E-state index contributed by atoms with van der Waals surface area (Å²) in [5, 5.41) is 0. The Balaban J connectivity index is 1.50. The third-order valence-corrected chi connectivity index (χ3v) is 15.2. The number of aromatic nitrogens is 4. The fraction of sp³-hybridized carbons (Fsp3) is 0.590. The highest BCUT2D eigenvalue weighted by Gasteiger charge is 2.36. The van der Waals surface area contributed by atoms with Gasteiger partial charge >= 0.3 is 11.9 Å². The van der Waals surface area contributed by atoms with Gasteiger partial charge in [-0.05, 0) is 131 Å². The molecule has 0 spiro atoms. The van der Waals surface area contributed by atoms with Crippen LogP contribution in [-0.2, 0) is 36.7 Å². The maximum atomic E-state index is 15.0. The van der Waals surface area contributed by atoms with Crippen LogP contribution in [0.3, 0.4) is 0 Å². The molecule has 5 rings (SSSR count). The van der Waals surface area contributed by atoms with Gasteiger partial charge in [0.2, 0.25) is 0 Å². The Morgan fingerprint density at radius 2 is 1.42 bits per heavy atom. The molecule has 0 saturated carbocycles. The molecule has 0 saturated heterocycles. The number of rotatable bonds is 26. The standard InChI is InChI=1S/C61H89N5O5/c1-15-31-66(32-16-2)61(69)58-45(13)53-37-55-47(18-4)43(11)51(63-55)36-54-46(17-3)42(10)50(62-54)35-52-44(12)48(59(64-52)49(60(58)65-53)34-57(68)70-14)28-29-56(67)71-33-30-41(9)27-21-26-40(8)25-20-24-39(7)23-19-22-38(5)6/h17,30,35-40,44,48,62-63H,3,15-16,18-29,31-34H2,1-2,4-14H3/b41-30+,50-35?,51-36?,52-35?,53-37?,54-36?,55-37?,59-49?,60-49?. The van der Waals surface area contributed by atoms with Crippen molar-refractivity contribution >= 4 is 57.1 Å². The number of aryl methyl sites for hydroxylation is 3. The van der Waals surface area contributed by atoms with E-state index in [1.54, 1.807) is 0 Å². The van der Waals surface area contributed by atoms with E-state index in [9.17, 15) is 14.4 Å². The zero-order valence-corrected chi connectivity index (χ0v) is 46.1. The van der Waals surface area contributed by atoms with Crippen molar-refractivity contribution in [1.82, 2.24) is 24.8 Å². The SMILES string of the molecule is C=Cc1c(C)c2cc3nc(c(CC(=O)OC)c4nc(cc5[nH]c(cc1[nH]2)c(C)c5CC)C(C)=C4C(=O)N(CCC)CCC)C(CCC(=O)OC/C=C(\C)CCCC(C)CCCC(C)CCCC(C)C)C3C. The van der Waals surface area contributed by atoms with Crippen molar-refractivity contribution in [1.29, 1.82) is 0 Å². The number of ether oxygens (including phenoxy) is 2. The Kier molecular flexibility index (Phi) is 21.5. The quantitative estimate of drug-likeness (QED) is 0.0605. The molecule has 1 amide bonds. The molecule has 8 bridgehead atoms. The fourth-order valence-electron chi connectivity index (χ4n) is 10.8. The van der Waals surface area contributed by atoms with Gasteiger partial charge in [0.05, 0.1) is 36.2 Å². The minimum atomic E-state index is -0.466. The number of nitrogens with zero attached hydrogens (tertiary/aromatic N) is 3. The molecule has 5 heterocycles. The summed E-state index contributed by atoms with van der Waals surface area (Å²) in [5.74, 6) is 0.982. The fourth-order valence-corrected chi connectivity index (χ4v) is 10.8. The number of allylic oxidation sites excluding steroid dienone is 2. The van der Waals surface area contributed by atoms with Crippen LogP contribution in [0.4, 0.5) is 0 Å². The molecule has 0 fully saturated rings. The molecule has 3 aromatic rings. The molecule has 0 aliphatic carbocycles. The van der Waals surface area contributed by atoms with Crippen LogP contribution < -0.4 is 0 Å². The van der Waals surface area contributed by atoms with E-state index in [-0.39, 0.29) is 43.2 Å². The average molecular weight is 972 g/mol. The van der Waals surface area contributed by atoms with Gasteiger partial charge in [-0.2, -0.15) is 0 Å². The van der Waals surface area contributed by atoms with Crippen molar-refractivity contribution in [3.63, 3.8) is 0 Å². The molecule has 10 nitrogen and oxygen atoms in total. The number of amides is 1. The van der Waals surface area contributed by atoms with Crippen molar-refractivity contribution in [2.75, 3.05) is 26.8 Å². The maximum absolute atomic E-state index is 15.0. The van der Waals surface area contributed by atoms with Gasteiger partial charge in [0.1, 0.15) is 6.61 Å². The lowest BCUT2D eigenvalue weighted by molar-refractivity contribution is -0.143. The van der Waals surface area contributed by atoms with E-state index in [2.05, 4.69) is 105 Å². The Morgan fingerprint density at radius 1 is 0.789 bits per heavy atom. The molecule has 4 unspecified atom stereocenters. The lowest BCUT2D eigenvalue weighted by atomic mass is 9.84. The van der Waals surface area contributed by atoms with Gasteiger partial charge in [-0.25, -0.2) is 4.98 Å². The van der Waals surface area contributed by atoms with Gasteiger partial charge in [0.15, 0.2) is 0 Å².